The summed E-state index contributed by atoms with van der Waals surface area (Å²) in [6.07, 6.45) is 2.20. The van der Waals surface area contributed by atoms with Crippen LogP contribution < -0.4 is 16.6 Å². The van der Waals surface area contributed by atoms with Crippen molar-refractivity contribution in [1.82, 2.24) is 5.32 Å². The highest BCUT2D eigenvalue weighted by atomic mass is 32.2. The number of nitrogens with two attached hydrogens (primary N) is 1. The molecular weight excluding hydrogens is 269 g/mol. The number of nitrogens with one attached hydrogen (secondary N) is 2. The molecule has 19 heavy (non-hydrogen) atoms. The molecule has 0 bridgehead atoms. The van der Waals surface area contributed by atoms with E-state index in [4.69, 9.17) is 5.84 Å². The minimum atomic E-state index is -0.899. The molecule has 106 valence electrons. The van der Waals surface area contributed by atoms with Crippen LogP contribution in [-0.2, 0) is 10.8 Å². The van der Waals surface area contributed by atoms with Gasteiger partial charge in [-0.2, -0.15) is 0 Å². The van der Waals surface area contributed by atoms with E-state index >= 15 is 0 Å². The van der Waals surface area contributed by atoms with Gasteiger partial charge in [0.05, 0.1) is 11.3 Å². The van der Waals surface area contributed by atoms with Crippen LogP contribution >= 0.6 is 0 Å². The number of rotatable bonds is 6. The van der Waals surface area contributed by atoms with Crippen molar-refractivity contribution in [3.05, 3.63) is 29.6 Å². The zero-order chi connectivity index (χ0) is 14.4. The molecule has 0 aliphatic heterocycles. The number of carbonyl (C=O) groups is 1. The van der Waals surface area contributed by atoms with E-state index in [-0.39, 0.29) is 17.3 Å². The minimum absolute atomic E-state index is 0.0359. The number of para-hydroxylation sites is 1. The maximum atomic E-state index is 13.4. The van der Waals surface area contributed by atoms with Gasteiger partial charge in [-0.15, -0.1) is 0 Å². The Bertz CT molecular complexity index is 482. The quantitative estimate of drug-likeness (QED) is 0.538. The summed E-state index contributed by atoms with van der Waals surface area (Å²) in [6, 6.07) is 4.00. The van der Waals surface area contributed by atoms with Crippen LogP contribution in [0.3, 0.4) is 0 Å². The van der Waals surface area contributed by atoms with Crippen LogP contribution in [0.15, 0.2) is 18.2 Å². The number of nitrogen functional groups attached to an aromatic ring is 1. The van der Waals surface area contributed by atoms with Crippen molar-refractivity contribution >= 4 is 22.4 Å². The van der Waals surface area contributed by atoms with Gasteiger partial charge in [0, 0.05) is 28.9 Å². The van der Waals surface area contributed by atoms with Crippen LogP contribution in [0.25, 0.3) is 0 Å². The molecule has 1 aromatic rings. The lowest BCUT2D eigenvalue weighted by atomic mass is 10.1. The van der Waals surface area contributed by atoms with Crippen molar-refractivity contribution in [2.45, 2.75) is 19.4 Å². The smallest absolute Gasteiger partial charge is 0.253 e. The molecule has 0 aliphatic rings. The monoisotopic (exact) mass is 287 g/mol. The van der Waals surface area contributed by atoms with Crippen LogP contribution in [0, 0.1) is 5.82 Å². The van der Waals surface area contributed by atoms with E-state index in [0.29, 0.717) is 12.2 Å². The van der Waals surface area contributed by atoms with E-state index in [9.17, 15) is 13.4 Å². The fourth-order valence-electron chi connectivity index (χ4n) is 1.58. The maximum absolute atomic E-state index is 13.4. The van der Waals surface area contributed by atoms with Gasteiger partial charge in [0.25, 0.3) is 5.91 Å². The summed E-state index contributed by atoms with van der Waals surface area (Å²) < 4.78 is 24.4. The topological polar surface area (TPSA) is 84.2 Å². The normalized spacial score (nSPS) is 13.7. The number of hydrogen-bond acceptors (Lipinski definition) is 4. The van der Waals surface area contributed by atoms with Gasteiger partial charge in [0.1, 0.15) is 5.82 Å². The Morgan fingerprint density at radius 3 is 2.79 bits per heavy atom. The van der Waals surface area contributed by atoms with Crippen LogP contribution in [0.4, 0.5) is 10.1 Å². The zero-order valence-corrected chi connectivity index (χ0v) is 11.7. The van der Waals surface area contributed by atoms with E-state index in [0.717, 1.165) is 0 Å². The molecule has 0 aliphatic carbocycles. The molecule has 0 fully saturated rings. The second kappa shape index (κ2) is 7.20. The minimum Gasteiger partial charge on any atom is -0.349 e. The number of benzene rings is 1. The summed E-state index contributed by atoms with van der Waals surface area (Å²) in [5.74, 6) is 4.71. The third kappa shape index (κ3) is 4.60. The highest BCUT2D eigenvalue weighted by molar-refractivity contribution is 7.84. The maximum Gasteiger partial charge on any atom is 0.253 e. The van der Waals surface area contributed by atoms with Gasteiger partial charge in [-0.3, -0.25) is 14.8 Å². The van der Waals surface area contributed by atoms with Crippen molar-refractivity contribution < 1.29 is 13.4 Å². The van der Waals surface area contributed by atoms with E-state index in [1.165, 1.54) is 18.2 Å². The Morgan fingerprint density at radius 1 is 1.53 bits per heavy atom. The van der Waals surface area contributed by atoms with Gasteiger partial charge in [-0.05, 0) is 25.5 Å². The molecule has 2 atom stereocenters. The summed E-state index contributed by atoms with van der Waals surface area (Å²) in [5, 5.41) is 2.72. The number of carbonyl (C=O) groups excluding carboxylic acids is 1. The molecule has 4 N–H and O–H groups in total. The molecule has 0 aromatic heterocycles. The van der Waals surface area contributed by atoms with Crippen LogP contribution in [0.5, 0.6) is 0 Å². The molecule has 1 aromatic carbocycles. The number of halogens is 1. The summed E-state index contributed by atoms with van der Waals surface area (Å²) in [7, 11) is -0.899. The molecule has 0 radical (unpaired) electrons. The van der Waals surface area contributed by atoms with Gasteiger partial charge in [0.2, 0.25) is 0 Å². The van der Waals surface area contributed by atoms with Gasteiger partial charge >= 0.3 is 0 Å². The van der Waals surface area contributed by atoms with Crippen molar-refractivity contribution in [3.8, 4) is 0 Å². The van der Waals surface area contributed by atoms with Crippen molar-refractivity contribution in [3.63, 3.8) is 0 Å². The van der Waals surface area contributed by atoms with Crippen molar-refractivity contribution in [2.75, 3.05) is 17.4 Å². The fourth-order valence-corrected chi connectivity index (χ4v) is 2.26. The van der Waals surface area contributed by atoms with Gasteiger partial charge < -0.3 is 10.7 Å². The molecular formula is C12H18FN3O2S. The molecule has 0 saturated carbocycles. The third-order valence-electron chi connectivity index (χ3n) is 2.62. The average Bonchev–Trinajstić information content (AvgIpc) is 2.36. The number of anilines is 1. The summed E-state index contributed by atoms with van der Waals surface area (Å²) in [4.78, 5) is 12.0. The van der Waals surface area contributed by atoms with Crippen molar-refractivity contribution in [1.29, 1.82) is 0 Å². The van der Waals surface area contributed by atoms with E-state index in [2.05, 4.69) is 10.7 Å². The molecule has 1 amide bonds. The van der Waals surface area contributed by atoms with E-state index in [1.807, 2.05) is 0 Å². The first-order valence-electron chi connectivity index (χ1n) is 5.81. The SMILES string of the molecule is CC(CCS(C)=O)NC(=O)c1cccc(F)c1NN. The first-order valence-corrected chi connectivity index (χ1v) is 7.54. The summed E-state index contributed by atoms with van der Waals surface area (Å²) in [6.45, 7) is 1.81. The molecule has 0 spiro atoms. The third-order valence-corrected chi connectivity index (χ3v) is 3.43. The Kier molecular flexibility index (Phi) is 5.91. The standard InChI is InChI=1S/C12H18FN3O2S/c1-8(6-7-19(2)18)15-12(17)9-4-3-5-10(13)11(9)16-14/h3-5,8,16H,6-7,14H2,1-2H3,(H,15,17). The Hall–Kier alpha value is -1.47. The van der Waals surface area contributed by atoms with E-state index in [1.54, 1.807) is 13.2 Å². The molecule has 5 nitrogen and oxygen atoms in total. The zero-order valence-electron chi connectivity index (χ0n) is 10.9. The summed E-state index contributed by atoms with van der Waals surface area (Å²) >= 11 is 0. The first-order chi connectivity index (χ1) is 8.95. The fraction of sp³-hybridized carbons (Fsp3) is 0.417. The van der Waals surface area contributed by atoms with Gasteiger partial charge in [-0.25, -0.2) is 4.39 Å². The van der Waals surface area contributed by atoms with Gasteiger partial charge in [0.15, 0.2) is 0 Å². The van der Waals surface area contributed by atoms with Crippen LogP contribution in [0.2, 0.25) is 0 Å². The predicted molar refractivity (Wildman–Crippen MR) is 74.7 cm³/mol. The number of amides is 1. The predicted octanol–water partition coefficient (Wildman–Crippen LogP) is 0.998. The second-order valence-corrected chi connectivity index (χ2v) is 5.80. The molecule has 2 unspecified atom stereocenters. The average molecular weight is 287 g/mol. The summed E-state index contributed by atoms with van der Waals surface area (Å²) in [5.41, 5.74) is 2.29. The van der Waals surface area contributed by atoms with Crippen LogP contribution in [0.1, 0.15) is 23.7 Å². The molecule has 0 heterocycles. The lowest BCUT2D eigenvalue weighted by Gasteiger charge is -2.15. The van der Waals surface area contributed by atoms with Crippen LogP contribution in [-0.4, -0.2) is 28.2 Å². The van der Waals surface area contributed by atoms with Crippen molar-refractivity contribution in [2.24, 2.45) is 5.84 Å². The number of hydrazine groups is 1. The largest absolute Gasteiger partial charge is 0.349 e. The molecule has 0 saturated heterocycles. The highest BCUT2D eigenvalue weighted by Gasteiger charge is 2.16. The second-order valence-electron chi connectivity index (χ2n) is 4.25. The molecule has 1 rings (SSSR count). The molecule has 7 heteroatoms. The van der Waals surface area contributed by atoms with Gasteiger partial charge in [-0.1, -0.05) is 6.07 Å². The lowest BCUT2D eigenvalue weighted by Crippen LogP contribution is -2.34. The Labute approximate surface area is 114 Å². The Morgan fingerprint density at radius 2 is 2.21 bits per heavy atom. The Balaban J connectivity index is 2.73. The van der Waals surface area contributed by atoms with E-state index < -0.39 is 22.5 Å². The highest BCUT2D eigenvalue weighted by Crippen LogP contribution is 2.18. The number of hydrogen-bond donors (Lipinski definition) is 3. The first kappa shape index (κ1) is 15.6. The lowest BCUT2D eigenvalue weighted by molar-refractivity contribution is 0.0940.